The van der Waals surface area contributed by atoms with E-state index in [0.717, 1.165) is 24.3 Å². The summed E-state index contributed by atoms with van der Waals surface area (Å²) in [6.45, 7) is 5.14. The highest BCUT2D eigenvalue weighted by atomic mass is 35.5. The average molecular weight is 429 g/mol. The first kappa shape index (κ1) is 20.2. The lowest BCUT2D eigenvalue weighted by molar-refractivity contribution is 0.102. The number of nitrogens with one attached hydrogen (secondary N) is 1. The molecule has 2 aromatic rings. The number of rotatable bonds is 6. The lowest BCUT2D eigenvalue weighted by Crippen LogP contribution is -2.28. The molecule has 146 valence electrons. The summed E-state index contributed by atoms with van der Waals surface area (Å²) < 4.78 is 26.9. The normalized spacial score (nSPS) is 15.4. The second kappa shape index (κ2) is 8.22. The zero-order valence-corrected chi connectivity index (χ0v) is 17.5. The highest BCUT2D eigenvalue weighted by molar-refractivity contribution is 7.89. The summed E-state index contributed by atoms with van der Waals surface area (Å²) in [5.41, 5.74) is 0.0950. The van der Waals surface area contributed by atoms with Crippen molar-refractivity contribution in [1.29, 1.82) is 0 Å². The molecule has 1 aliphatic heterocycles. The maximum atomic E-state index is 12.7. The molecule has 0 saturated carbocycles. The van der Waals surface area contributed by atoms with E-state index >= 15 is 0 Å². The minimum atomic E-state index is -3.62. The van der Waals surface area contributed by atoms with Gasteiger partial charge in [-0.2, -0.15) is 4.31 Å². The van der Waals surface area contributed by atoms with Crippen LogP contribution in [0.5, 0.6) is 0 Å². The summed E-state index contributed by atoms with van der Waals surface area (Å²) >= 11 is 7.44. The Morgan fingerprint density at radius 3 is 2.67 bits per heavy atom. The number of carbonyl (C=O) groups is 1. The number of hydrogen-bond acceptors (Lipinski definition) is 6. The number of halogens is 1. The van der Waals surface area contributed by atoms with Gasteiger partial charge in [-0.15, -0.1) is 10.2 Å². The number of benzene rings is 1. The number of sulfonamides is 1. The Hall–Kier alpha value is -1.55. The van der Waals surface area contributed by atoms with E-state index in [1.54, 1.807) is 0 Å². The molecule has 3 rings (SSSR count). The Balaban J connectivity index is 1.81. The highest BCUT2D eigenvalue weighted by Crippen LogP contribution is 2.26. The molecule has 1 aliphatic rings. The predicted octanol–water partition coefficient (Wildman–Crippen LogP) is 3.43. The van der Waals surface area contributed by atoms with E-state index in [9.17, 15) is 13.2 Å². The molecule has 7 nitrogen and oxygen atoms in total. The molecule has 0 radical (unpaired) electrons. The maximum Gasteiger partial charge on any atom is 0.259 e. The highest BCUT2D eigenvalue weighted by Gasteiger charge is 2.28. The van der Waals surface area contributed by atoms with Crippen molar-refractivity contribution in [2.24, 2.45) is 5.92 Å². The van der Waals surface area contributed by atoms with Crippen molar-refractivity contribution in [3.05, 3.63) is 33.8 Å². The van der Waals surface area contributed by atoms with Crippen molar-refractivity contribution in [3.63, 3.8) is 0 Å². The van der Waals surface area contributed by atoms with Gasteiger partial charge in [-0.25, -0.2) is 8.42 Å². The summed E-state index contributed by atoms with van der Waals surface area (Å²) in [6, 6.07) is 4.18. The van der Waals surface area contributed by atoms with E-state index in [0.29, 0.717) is 24.1 Å². The molecule has 1 aromatic heterocycles. The monoisotopic (exact) mass is 428 g/mol. The average Bonchev–Trinajstić information content (AvgIpc) is 3.27. The van der Waals surface area contributed by atoms with Crippen molar-refractivity contribution >= 4 is 44.0 Å². The predicted molar refractivity (Wildman–Crippen MR) is 106 cm³/mol. The van der Waals surface area contributed by atoms with Crippen molar-refractivity contribution in [2.45, 2.75) is 38.0 Å². The van der Waals surface area contributed by atoms with Gasteiger partial charge in [-0.05, 0) is 37.0 Å². The quantitative estimate of drug-likeness (QED) is 0.760. The van der Waals surface area contributed by atoms with E-state index in [4.69, 9.17) is 11.6 Å². The molecule has 0 spiro atoms. The van der Waals surface area contributed by atoms with Crippen LogP contribution in [0.1, 0.15) is 42.1 Å². The first-order valence-electron chi connectivity index (χ1n) is 8.71. The number of hydrogen-bond donors (Lipinski definition) is 1. The lowest BCUT2D eigenvalue weighted by atomic mass is 10.1. The van der Waals surface area contributed by atoms with E-state index in [-0.39, 0.29) is 15.5 Å². The summed E-state index contributed by atoms with van der Waals surface area (Å²) in [7, 11) is -3.62. The van der Waals surface area contributed by atoms with Gasteiger partial charge in [0, 0.05) is 19.5 Å². The van der Waals surface area contributed by atoms with Gasteiger partial charge in [-0.3, -0.25) is 10.1 Å². The van der Waals surface area contributed by atoms with Crippen LogP contribution >= 0.6 is 22.9 Å². The Morgan fingerprint density at radius 1 is 1.30 bits per heavy atom. The molecule has 10 heteroatoms. The Kier molecular flexibility index (Phi) is 6.15. The molecule has 0 bridgehead atoms. The topological polar surface area (TPSA) is 92.3 Å². The number of nitrogens with zero attached hydrogens (tertiary/aromatic N) is 3. The third kappa shape index (κ3) is 4.66. The summed E-state index contributed by atoms with van der Waals surface area (Å²) in [5.74, 6) is -0.0749. The fourth-order valence-electron chi connectivity index (χ4n) is 2.82. The van der Waals surface area contributed by atoms with Crippen LogP contribution in [-0.2, 0) is 16.4 Å². The van der Waals surface area contributed by atoms with E-state index in [1.807, 2.05) is 0 Å². The van der Waals surface area contributed by atoms with Crippen LogP contribution < -0.4 is 5.32 Å². The molecule has 0 aliphatic carbocycles. The van der Waals surface area contributed by atoms with Crippen molar-refractivity contribution in [1.82, 2.24) is 14.5 Å². The Morgan fingerprint density at radius 2 is 2.00 bits per heavy atom. The molecular formula is C17H21ClN4O3S2. The first-order valence-corrected chi connectivity index (χ1v) is 11.3. The molecule has 1 aromatic carbocycles. The number of aromatic nitrogens is 2. The van der Waals surface area contributed by atoms with Crippen molar-refractivity contribution < 1.29 is 13.2 Å². The van der Waals surface area contributed by atoms with Crippen molar-refractivity contribution in [3.8, 4) is 0 Å². The van der Waals surface area contributed by atoms with Crippen LogP contribution in [0, 0.1) is 5.92 Å². The Labute approximate surface area is 167 Å². The molecule has 2 heterocycles. The summed E-state index contributed by atoms with van der Waals surface area (Å²) in [6.07, 6.45) is 2.46. The van der Waals surface area contributed by atoms with Gasteiger partial charge >= 0.3 is 0 Å². The van der Waals surface area contributed by atoms with E-state index in [1.165, 1.54) is 33.8 Å². The molecule has 1 N–H and O–H groups in total. The smallest absolute Gasteiger partial charge is 0.259 e. The Bertz CT molecular complexity index is 937. The SMILES string of the molecule is CC(C)Cc1nnc(NC(=O)c2cc(S(=O)(=O)N3CCCC3)ccc2Cl)s1. The second-order valence-electron chi connectivity index (χ2n) is 6.81. The molecule has 1 fully saturated rings. The van der Waals surface area contributed by atoms with Gasteiger partial charge < -0.3 is 0 Å². The summed E-state index contributed by atoms with van der Waals surface area (Å²) in [4.78, 5) is 12.7. The standard InChI is InChI=1S/C17H21ClN4O3S2/c1-11(2)9-15-20-21-17(26-15)19-16(23)13-10-12(5-6-14(13)18)27(24,25)22-7-3-4-8-22/h5-6,10-11H,3-4,7-9H2,1-2H3,(H,19,21,23). The van der Waals surface area contributed by atoms with Gasteiger partial charge in [0.1, 0.15) is 5.01 Å². The van der Waals surface area contributed by atoms with Gasteiger partial charge in [0.25, 0.3) is 5.91 Å². The fourth-order valence-corrected chi connectivity index (χ4v) is 5.51. The van der Waals surface area contributed by atoms with E-state index in [2.05, 4.69) is 29.4 Å². The van der Waals surface area contributed by atoms with Gasteiger partial charge in [0.2, 0.25) is 15.2 Å². The minimum absolute atomic E-state index is 0.0664. The van der Waals surface area contributed by atoms with Crippen LogP contribution in [0.3, 0.4) is 0 Å². The maximum absolute atomic E-state index is 12.7. The fraction of sp³-hybridized carbons (Fsp3) is 0.471. The lowest BCUT2D eigenvalue weighted by Gasteiger charge is -2.16. The molecule has 1 saturated heterocycles. The molecular weight excluding hydrogens is 408 g/mol. The van der Waals surface area contributed by atoms with Crippen LogP contribution in [0.2, 0.25) is 5.02 Å². The molecule has 0 atom stereocenters. The molecule has 1 amide bonds. The van der Waals surface area contributed by atoms with Gasteiger partial charge in [-0.1, -0.05) is 36.8 Å². The number of anilines is 1. The van der Waals surface area contributed by atoms with Gasteiger partial charge in [0.05, 0.1) is 15.5 Å². The van der Waals surface area contributed by atoms with Crippen LogP contribution in [0.4, 0.5) is 5.13 Å². The van der Waals surface area contributed by atoms with Crippen LogP contribution in [0.15, 0.2) is 23.1 Å². The van der Waals surface area contributed by atoms with Crippen molar-refractivity contribution in [2.75, 3.05) is 18.4 Å². The minimum Gasteiger partial charge on any atom is -0.296 e. The largest absolute Gasteiger partial charge is 0.296 e. The van der Waals surface area contributed by atoms with Crippen LogP contribution in [0.25, 0.3) is 0 Å². The van der Waals surface area contributed by atoms with Gasteiger partial charge in [0.15, 0.2) is 0 Å². The second-order valence-corrected chi connectivity index (χ2v) is 10.2. The zero-order valence-electron chi connectivity index (χ0n) is 15.1. The number of carbonyl (C=O) groups excluding carboxylic acids is 1. The molecule has 27 heavy (non-hydrogen) atoms. The van der Waals surface area contributed by atoms with E-state index < -0.39 is 15.9 Å². The number of amides is 1. The third-order valence-corrected chi connectivity index (χ3v) is 7.24. The summed E-state index contributed by atoms with van der Waals surface area (Å²) in [5, 5.41) is 12.0. The molecule has 0 unspecified atom stereocenters. The first-order chi connectivity index (χ1) is 12.8. The third-order valence-electron chi connectivity index (χ3n) is 4.16. The van der Waals surface area contributed by atoms with Crippen LogP contribution in [-0.4, -0.2) is 41.9 Å². The zero-order chi connectivity index (χ0) is 19.6.